The summed E-state index contributed by atoms with van der Waals surface area (Å²) in [6.07, 6.45) is 2.37. The number of rotatable bonds is 5. The Hall–Kier alpha value is -1.09. The van der Waals surface area contributed by atoms with Gasteiger partial charge in [-0.15, -0.1) is 0 Å². The Balaban J connectivity index is 2.44. The van der Waals surface area contributed by atoms with Gasteiger partial charge in [0.2, 0.25) is 0 Å². The summed E-state index contributed by atoms with van der Waals surface area (Å²) >= 11 is 5.35. The number of thiocarbonyl (C=S) groups is 1. The first-order valence-corrected chi connectivity index (χ1v) is 7.44. The lowest BCUT2D eigenvalue weighted by atomic mass is 10.0. The minimum Gasteiger partial charge on any atom is -0.360 e. The molecule has 0 radical (unpaired) electrons. The minimum atomic E-state index is 0.411. The average Bonchev–Trinajstić information content (AvgIpc) is 2.31. The lowest BCUT2D eigenvalue weighted by molar-refractivity contribution is 0.494. The minimum absolute atomic E-state index is 0.411. The number of hydrogen-bond donors (Lipinski definition) is 2. The molecular formula is C16H26N2S. The van der Waals surface area contributed by atoms with Crippen molar-refractivity contribution in [2.75, 3.05) is 5.32 Å². The number of anilines is 1. The van der Waals surface area contributed by atoms with Crippen LogP contribution in [0.25, 0.3) is 0 Å². The van der Waals surface area contributed by atoms with E-state index in [0.717, 1.165) is 18.0 Å². The number of benzene rings is 1. The standard InChI is InChI=1S/C16H26N2S/c1-11(2)6-8-14(5)17-16(19)18-15-9-7-12(3)13(4)10-15/h7,9-11,14H,6,8H2,1-5H3,(H2,17,18,19). The molecule has 0 heterocycles. The van der Waals surface area contributed by atoms with Crippen LogP contribution in [0.3, 0.4) is 0 Å². The summed E-state index contributed by atoms with van der Waals surface area (Å²) in [6.45, 7) is 10.9. The molecule has 106 valence electrons. The van der Waals surface area contributed by atoms with Crippen LogP contribution in [-0.4, -0.2) is 11.2 Å². The smallest absolute Gasteiger partial charge is 0.170 e. The number of hydrogen-bond acceptors (Lipinski definition) is 1. The number of aryl methyl sites for hydroxylation is 2. The monoisotopic (exact) mass is 278 g/mol. The van der Waals surface area contributed by atoms with Crippen molar-refractivity contribution >= 4 is 23.0 Å². The largest absolute Gasteiger partial charge is 0.360 e. The molecule has 0 aromatic heterocycles. The van der Waals surface area contributed by atoms with E-state index < -0.39 is 0 Å². The maximum Gasteiger partial charge on any atom is 0.170 e. The Morgan fingerprint density at radius 2 is 1.79 bits per heavy atom. The Bertz CT molecular complexity index is 427. The van der Waals surface area contributed by atoms with Gasteiger partial charge in [-0.25, -0.2) is 0 Å². The molecule has 0 spiro atoms. The van der Waals surface area contributed by atoms with Gasteiger partial charge in [-0.2, -0.15) is 0 Å². The molecule has 0 bridgehead atoms. The highest BCUT2D eigenvalue weighted by molar-refractivity contribution is 7.80. The van der Waals surface area contributed by atoms with Crippen LogP contribution in [0, 0.1) is 19.8 Å². The van der Waals surface area contributed by atoms with Crippen LogP contribution in [0.5, 0.6) is 0 Å². The Morgan fingerprint density at radius 3 is 2.37 bits per heavy atom. The first-order chi connectivity index (χ1) is 8.88. The quantitative estimate of drug-likeness (QED) is 0.780. The fourth-order valence-electron chi connectivity index (χ4n) is 1.87. The zero-order valence-corrected chi connectivity index (χ0v) is 13.5. The van der Waals surface area contributed by atoms with Crippen LogP contribution in [0.1, 0.15) is 44.7 Å². The van der Waals surface area contributed by atoms with E-state index in [1.807, 2.05) is 0 Å². The van der Waals surface area contributed by atoms with E-state index in [4.69, 9.17) is 12.2 Å². The van der Waals surface area contributed by atoms with Crippen molar-refractivity contribution in [2.24, 2.45) is 5.92 Å². The molecule has 2 nitrogen and oxygen atoms in total. The second kappa shape index (κ2) is 7.49. The highest BCUT2D eigenvalue weighted by Gasteiger charge is 2.06. The van der Waals surface area contributed by atoms with Gasteiger partial charge in [0, 0.05) is 11.7 Å². The predicted molar refractivity (Wildman–Crippen MR) is 88.8 cm³/mol. The third-order valence-corrected chi connectivity index (χ3v) is 3.54. The van der Waals surface area contributed by atoms with Gasteiger partial charge in [0.15, 0.2) is 5.11 Å². The maximum absolute atomic E-state index is 5.35. The molecule has 2 N–H and O–H groups in total. The van der Waals surface area contributed by atoms with Crippen molar-refractivity contribution in [2.45, 2.75) is 53.5 Å². The van der Waals surface area contributed by atoms with Crippen molar-refractivity contribution < 1.29 is 0 Å². The molecule has 19 heavy (non-hydrogen) atoms. The van der Waals surface area contributed by atoms with Gasteiger partial charge in [0.05, 0.1) is 0 Å². The van der Waals surface area contributed by atoms with E-state index in [1.165, 1.54) is 17.5 Å². The molecule has 0 aliphatic heterocycles. The van der Waals surface area contributed by atoms with Gasteiger partial charge in [-0.1, -0.05) is 19.9 Å². The van der Waals surface area contributed by atoms with Crippen LogP contribution < -0.4 is 10.6 Å². The highest BCUT2D eigenvalue weighted by atomic mass is 32.1. The fraction of sp³-hybridized carbons (Fsp3) is 0.562. The van der Waals surface area contributed by atoms with E-state index in [0.29, 0.717) is 11.2 Å². The summed E-state index contributed by atoms with van der Waals surface area (Å²) in [6, 6.07) is 6.72. The summed E-state index contributed by atoms with van der Waals surface area (Å²) in [7, 11) is 0. The zero-order chi connectivity index (χ0) is 14.4. The lowest BCUT2D eigenvalue weighted by Crippen LogP contribution is -2.36. The molecule has 1 rings (SSSR count). The summed E-state index contributed by atoms with van der Waals surface area (Å²) < 4.78 is 0. The summed E-state index contributed by atoms with van der Waals surface area (Å²) in [5, 5.41) is 7.29. The first-order valence-electron chi connectivity index (χ1n) is 7.03. The van der Waals surface area contributed by atoms with Crippen molar-refractivity contribution in [3.8, 4) is 0 Å². The average molecular weight is 278 g/mol. The topological polar surface area (TPSA) is 24.1 Å². The molecule has 0 aliphatic carbocycles. The van der Waals surface area contributed by atoms with Gasteiger partial charge in [0.1, 0.15) is 0 Å². The molecule has 1 aromatic rings. The Morgan fingerprint density at radius 1 is 1.11 bits per heavy atom. The molecule has 0 fully saturated rings. The van der Waals surface area contributed by atoms with Gasteiger partial charge in [-0.3, -0.25) is 0 Å². The molecule has 1 atom stereocenters. The Kier molecular flexibility index (Phi) is 6.29. The van der Waals surface area contributed by atoms with Gasteiger partial charge >= 0.3 is 0 Å². The van der Waals surface area contributed by atoms with Crippen LogP contribution in [0.15, 0.2) is 18.2 Å². The lowest BCUT2D eigenvalue weighted by Gasteiger charge is -2.18. The van der Waals surface area contributed by atoms with Crippen molar-refractivity contribution in [1.29, 1.82) is 0 Å². The van der Waals surface area contributed by atoms with E-state index in [2.05, 4.69) is 63.5 Å². The molecule has 1 unspecified atom stereocenters. The van der Waals surface area contributed by atoms with Gasteiger partial charge in [0.25, 0.3) is 0 Å². The SMILES string of the molecule is Cc1ccc(NC(=S)NC(C)CCC(C)C)cc1C. The van der Waals surface area contributed by atoms with E-state index in [1.54, 1.807) is 0 Å². The van der Waals surface area contributed by atoms with E-state index in [-0.39, 0.29) is 0 Å². The van der Waals surface area contributed by atoms with Crippen LogP contribution in [-0.2, 0) is 0 Å². The van der Waals surface area contributed by atoms with E-state index >= 15 is 0 Å². The summed E-state index contributed by atoms with van der Waals surface area (Å²) in [5.74, 6) is 0.741. The predicted octanol–water partition coefficient (Wildman–Crippen LogP) is 4.41. The highest BCUT2D eigenvalue weighted by Crippen LogP contribution is 2.14. The van der Waals surface area contributed by atoms with Crippen molar-refractivity contribution in [1.82, 2.24) is 5.32 Å². The Labute approximate surface area is 123 Å². The third kappa shape index (κ3) is 6.06. The summed E-state index contributed by atoms with van der Waals surface area (Å²) in [4.78, 5) is 0. The molecule has 0 aliphatic rings. The third-order valence-electron chi connectivity index (χ3n) is 3.32. The normalized spacial score (nSPS) is 12.3. The molecule has 3 heteroatoms. The summed E-state index contributed by atoms with van der Waals surface area (Å²) in [5.41, 5.74) is 3.63. The second-order valence-corrected chi connectivity index (χ2v) is 6.18. The van der Waals surface area contributed by atoms with Crippen molar-refractivity contribution in [3.05, 3.63) is 29.3 Å². The second-order valence-electron chi connectivity index (χ2n) is 5.77. The molecule has 0 saturated carbocycles. The van der Waals surface area contributed by atoms with Gasteiger partial charge < -0.3 is 10.6 Å². The first kappa shape index (κ1) is 16.0. The molecule has 0 saturated heterocycles. The number of nitrogens with one attached hydrogen (secondary N) is 2. The van der Waals surface area contributed by atoms with Crippen LogP contribution >= 0.6 is 12.2 Å². The fourth-order valence-corrected chi connectivity index (χ4v) is 2.18. The molecule has 0 amide bonds. The van der Waals surface area contributed by atoms with Crippen LogP contribution in [0.4, 0.5) is 5.69 Å². The molecular weight excluding hydrogens is 252 g/mol. The zero-order valence-electron chi connectivity index (χ0n) is 12.7. The molecule has 1 aromatic carbocycles. The van der Waals surface area contributed by atoms with Crippen molar-refractivity contribution in [3.63, 3.8) is 0 Å². The van der Waals surface area contributed by atoms with Gasteiger partial charge in [-0.05, 0) is 75.0 Å². The maximum atomic E-state index is 5.35. The van der Waals surface area contributed by atoms with E-state index in [9.17, 15) is 0 Å². The van der Waals surface area contributed by atoms with Crippen LogP contribution in [0.2, 0.25) is 0 Å².